The number of aromatic nitrogens is 3. The van der Waals surface area contributed by atoms with Crippen molar-refractivity contribution in [3.05, 3.63) is 70.3 Å². The van der Waals surface area contributed by atoms with E-state index in [1.807, 2.05) is 31.2 Å². The molecule has 35 heavy (non-hydrogen) atoms. The van der Waals surface area contributed by atoms with E-state index in [9.17, 15) is 5.11 Å². The maximum Gasteiger partial charge on any atom is 0.135 e. The summed E-state index contributed by atoms with van der Waals surface area (Å²) in [4.78, 5) is 17.4. The number of piperidine rings is 1. The van der Waals surface area contributed by atoms with E-state index in [-0.39, 0.29) is 0 Å². The number of hydrogen-bond donors (Lipinski definition) is 2. The van der Waals surface area contributed by atoms with Crippen LogP contribution in [0.15, 0.2) is 42.9 Å². The molecule has 0 radical (unpaired) electrons. The van der Waals surface area contributed by atoms with E-state index >= 15 is 0 Å². The van der Waals surface area contributed by atoms with Crippen LogP contribution in [0.4, 0.5) is 5.82 Å². The zero-order valence-electron chi connectivity index (χ0n) is 20.4. The van der Waals surface area contributed by atoms with Crippen molar-refractivity contribution >= 4 is 17.4 Å². The quantitative estimate of drug-likeness (QED) is 0.526. The Balaban J connectivity index is 1.61. The Kier molecular flexibility index (Phi) is 7.99. The number of aliphatic hydroxyl groups excluding tert-OH is 1. The van der Waals surface area contributed by atoms with Crippen molar-refractivity contribution in [1.29, 1.82) is 0 Å². The third kappa shape index (κ3) is 5.80. The van der Waals surface area contributed by atoms with Crippen molar-refractivity contribution in [3.63, 3.8) is 0 Å². The van der Waals surface area contributed by atoms with E-state index in [1.54, 1.807) is 18.6 Å². The highest BCUT2D eigenvalue weighted by Crippen LogP contribution is 2.33. The molecular formula is C27H31ClN6O. The van der Waals surface area contributed by atoms with Crippen LogP contribution in [0.25, 0.3) is 11.3 Å². The van der Waals surface area contributed by atoms with Crippen LogP contribution >= 0.6 is 11.6 Å². The molecule has 0 amide bonds. The van der Waals surface area contributed by atoms with Gasteiger partial charge in [-0.15, -0.1) is 0 Å². The summed E-state index contributed by atoms with van der Waals surface area (Å²) in [6.07, 6.45) is 5.21. The molecule has 4 rings (SSSR count). The molecule has 1 aromatic carbocycles. The summed E-state index contributed by atoms with van der Waals surface area (Å²) in [5.74, 6) is 6.82. The number of halogens is 1. The van der Waals surface area contributed by atoms with Gasteiger partial charge >= 0.3 is 0 Å². The number of benzene rings is 1. The van der Waals surface area contributed by atoms with Gasteiger partial charge < -0.3 is 15.7 Å². The molecule has 1 aliphatic rings. The Morgan fingerprint density at radius 1 is 1.14 bits per heavy atom. The van der Waals surface area contributed by atoms with Crippen LogP contribution in [0.3, 0.4) is 0 Å². The van der Waals surface area contributed by atoms with Gasteiger partial charge in [0.2, 0.25) is 0 Å². The third-order valence-corrected chi connectivity index (χ3v) is 6.83. The molecule has 2 aromatic heterocycles. The van der Waals surface area contributed by atoms with Gasteiger partial charge in [0, 0.05) is 47.0 Å². The highest BCUT2D eigenvalue weighted by Gasteiger charge is 2.27. The molecule has 1 unspecified atom stereocenters. The van der Waals surface area contributed by atoms with Crippen molar-refractivity contribution in [2.45, 2.75) is 38.5 Å². The van der Waals surface area contributed by atoms with E-state index in [0.717, 1.165) is 48.3 Å². The Morgan fingerprint density at radius 2 is 1.91 bits per heavy atom. The number of aryl methyl sites for hydroxylation is 1. The molecule has 1 atom stereocenters. The summed E-state index contributed by atoms with van der Waals surface area (Å²) in [6.45, 7) is 3.69. The van der Waals surface area contributed by atoms with Crippen molar-refractivity contribution in [2.75, 3.05) is 32.9 Å². The smallest absolute Gasteiger partial charge is 0.135 e. The molecule has 3 aromatic rings. The number of pyridine rings is 1. The van der Waals surface area contributed by atoms with Crippen LogP contribution in [0.2, 0.25) is 5.02 Å². The Labute approximate surface area is 212 Å². The number of anilines is 1. The molecule has 0 aliphatic carbocycles. The summed E-state index contributed by atoms with van der Waals surface area (Å²) in [5.41, 5.74) is 10.3. The molecular weight excluding hydrogens is 460 g/mol. The average molecular weight is 491 g/mol. The van der Waals surface area contributed by atoms with E-state index in [0.29, 0.717) is 34.6 Å². The Hall–Kier alpha value is -3.02. The Bertz CT molecular complexity index is 1230. The lowest BCUT2D eigenvalue weighted by atomic mass is 10.00. The topological polar surface area (TPSA) is 91.4 Å². The van der Waals surface area contributed by atoms with Crippen molar-refractivity contribution in [1.82, 2.24) is 24.8 Å². The molecule has 3 N–H and O–H groups in total. The molecule has 0 saturated carbocycles. The number of rotatable bonds is 5. The van der Waals surface area contributed by atoms with Crippen molar-refractivity contribution < 1.29 is 5.11 Å². The highest BCUT2D eigenvalue weighted by molar-refractivity contribution is 6.31. The van der Waals surface area contributed by atoms with Crippen molar-refractivity contribution in [3.8, 4) is 23.1 Å². The van der Waals surface area contributed by atoms with E-state index in [2.05, 4.69) is 50.7 Å². The van der Waals surface area contributed by atoms with Gasteiger partial charge in [0.05, 0.1) is 17.0 Å². The van der Waals surface area contributed by atoms with E-state index < -0.39 is 6.23 Å². The summed E-state index contributed by atoms with van der Waals surface area (Å²) in [5, 5.41) is 11.5. The maximum atomic E-state index is 11.0. The van der Waals surface area contributed by atoms with E-state index in [1.165, 1.54) is 0 Å². The summed E-state index contributed by atoms with van der Waals surface area (Å²) >= 11 is 6.69. The SMILES string of the molecule is CCc1ncnc(-c2ccc(C(O)N3CCC(N(C)C)CC3)c(Cl)c2)c1C#Cc1ccc(N)nc1. The predicted octanol–water partition coefficient (Wildman–Crippen LogP) is 3.75. The first-order valence-electron chi connectivity index (χ1n) is 11.8. The van der Waals surface area contributed by atoms with Gasteiger partial charge in [-0.3, -0.25) is 4.90 Å². The minimum Gasteiger partial charge on any atom is -0.384 e. The first-order chi connectivity index (χ1) is 16.9. The summed E-state index contributed by atoms with van der Waals surface area (Å²) in [7, 11) is 4.21. The summed E-state index contributed by atoms with van der Waals surface area (Å²) in [6, 6.07) is 9.78. The van der Waals surface area contributed by atoms with Crippen LogP contribution in [0, 0.1) is 11.8 Å². The lowest BCUT2D eigenvalue weighted by Gasteiger charge is -2.37. The van der Waals surface area contributed by atoms with E-state index in [4.69, 9.17) is 17.3 Å². The molecule has 0 bridgehead atoms. The highest BCUT2D eigenvalue weighted by atomic mass is 35.5. The zero-order valence-corrected chi connectivity index (χ0v) is 21.1. The monoisotopic (exact) mass is 490 g/mol. The molecule has 3 heterocycles. The zero-order chi connectivity index (χ0) is 24.9. The molecule has 182 valence electrons. The fourth-order valence-corrected chi connectivity index (χ4v) is 4.66. The largest absolute Gasteiger partial charge is 0.384 e. The number of likely N-dealkylation sites (tertiary alicyclic amines) is 1. The fourth-order valence-electron chi connectivity index (χ4n) is 4.38. The summed E-state index contributed by atoms with van der Waals surface area (Å²) < 4.78 is 0. The number of nitrogens with zero attached hydrogens (tertiary/aromatic N) is 5. The second-order valence-corrected chi connectivity index (χ2v) is 9.37. The first kappa shape index (κ1) is 25.1. The van der Waals surface area contributed by atoms with Crippen LogP contribution < -0.4 is 5.73 Å². The second-order valence-electron chi connectivity index (χ2n) is 8.96. The fraction of sp³-hybridized carbons (Fsp3) is 0.370. The number of nitrogen functional groups attached to an aromatic ring is 1. The number of aliphatic hydroxyl groups is 1. The molecule has 0 spiro atoms. The average Bonchev–Trinajstić information content (AvgIpc) is 2.87. The molecule has 1 saturated heterocycles. The van der Waals surface area contributed by atoms with Gasteiger partial charge in [0.25, 0.3) is 0 Å². The molecule has 7 nitrogen and oxygen atoms in total. The Morgan fingerprint density at radius 3 is 2.54 bits per heavy atom. The van der Waals surface area contributed by atoms with Crippen LogP contribution in [-0.2, 0) is 6.42 Å². The van der Waals surface area contributed by atoms with Gasteiger partial charge in [-0.2, -0.15) is 0 Å². The first-order valence-corrected chi connectivity index (χ1v) is 12.2. The molecule has 8 heteroatoms. The minimum atomic E-state index is -0.742. The maximum absolute atomic E-state index is 11.0. The van der Waals surface area contributed by atoms with Gasteiger partial charge in [0.15, 0.2) is 0 Å². The normalized spacial score (nSPS) is 15.6. The lowest BCUT2D eigenvalue weighted by molar-refractivity contribution is -0.0222. The van der Waals surface area contributed by atoms with Gasteiger partial charge in [0.1, 0.15) is 18.4 Å². The second kappa shape index (κ2) is 11.1. The van der Waals surface area contributed by atoms with Crippen LogP contribution in [-0.4, -0.2) is 63.1 Å². The molecule has 1 aliphatic heterocycles. The van der Waals surface area contributed by atoms with Gasteiger partial charge in [-0.1, -0.05) is 42.5 Å². The van der Waals surface area contributed by atoms with Crippen LogP contribution in [0.5, 0.6) is 0 Å². The molecule has 1 fully saturated rings. The van der Waals surface area contributed by atoms with Crippen LogP contribution in [0.1, 0.15) is 48.4 Å². The standard InChI is InChI=1S/C27H31ClN6O/c1-4-24-22(8-5-18-6-10-25(29)30-16-18)26(32-17-31-24)19-7-9-21(23(28)15-19)27(35)34-13-11-20(12-14-34)33(2)3/h6-7,9-10,15-17,20,27,35H,4,11-14H2,1-3H3,(H2,29,30). The predicted molar refractivity (Wildman–Crippen MR) is 140 cm³/mol. The number of nitrogens with two attached hydrogens (primary N) is 1. The van der Waals surface area contributed by atoms with Gasteiger partial charge in [-0.25, -0.2) is 15.0 Å². The van der Waals surface area contributed by atoms with Gasteiger partial charge in [-0.05, 0) is 51.6 Å². The minimum absolute atomic E-state index is 0.451. The number of hydrogen-bond acceptors (Lipinski definition) is 7. The lowest BCUT2D eigenvalue weighted by Crippen LogP contribution is -2.43. The third-order valence-electron chi connectivity index (χ3n) is 6.51. The van der Waals surface area contributed by atoms with Crippen molar-refractivity contribution in [2.24, 2.45) is 0 Å².